The second kappa shape index (κ2) is 5.27. The summed E-state index contributed by atoms with van der Waals surface area (Å²) in [7, 11) is 3.99. The number of hydrogen-bond donors (Lipinski definition) is 2. The standard InChI is InChI=1S/C10H17N3O2S/c1-6(5-13(3)4)11-10-12-7(2)8(16-10)9(14)15/h6H,5H2,1-4H3,(H,11,12)(H,14,15). The molecule has 0 aliphatic heterocycles. The van der Waals surface area contributed by atoms with E-state index < -0.39 is 5.97 Å². The van der Waals surface area contributed by atoms with Gasteiger partial charge in [0.2, 0.25) is 0 Å². The number of aryl methyl sites for hydroxylation is 1. The van der Waals surface area contributed by atoms with Crippen molar-refractivity contribution in [1.29, 1.82) is 0 Å². The second-order valence-corrected chi connectivity index (χ2v) is 5.05. The summed E-state index contributed by atoms with van der Waals surface area (Å²) in [5.74, 6) is -0.914. The first kappa shape index (κ1) is 12.9. The summed E-state index contributed by atoms with van der Waals surface area (Å²) >= 11 is 1.18. The summed E-state index contributed by atoms with van der Waals surface area (Å²) in [6.07, 6.45) is 0. The fraction of sp³-hybridized carbons (Fsp3) is 0.600. The predicted octanol–water partition coefficient (Wildman–Crippen LogP) is 1.51. The van der Waals surface area contributed by atoms with E-state index in [1.165, 1.54) is 11.3 Å². The van der Waals surface area contributed by atoms with E-state index in [0.29, 0.717) is 15.7 Å². The average Bonchev–Trinajstić information content (AvgIpc) is 2.44. The number of carbonyl (C=O) groups is 1. The first-order valence-electron chi connectivity index (χ1n) is 5.02. The van der Waals surface area contributed by atoms with Gasteiger partial charge in [0.1, 0.15) is 4.88 Å². The molecule has 1 unspecified atom stereocenters. The molecule has 5 nitrogen and oxygen atoms in total. The molecule has 0 saturated heterocycles. The van der Waals surface area contributed by atoms with E-state index in [1.54, 1.807) is 6.92 Å². The molecule has 16 heavy (non-hydrogen) atoms. The van der Waals surface area contributed by atoms with Gasteiger partial charge in [0.15, 0.2) is 5.13 Å². The van der Waals surface area contributed by atoms with Crippen LogP contribution in [0.2, 0.25) is 0 Å². The summed E-state index contributed by atoms with van der Waals surface area (Å²) in [5.41, 5.74) is 0.567. The van der Waals surface area contributed by atoms with Crippen molar-refractivity contribution in [1.82, 2.24) is 9.88 Å². The van der Waals surface area contributed by atoms with Crippen LogP contribution in [-0.4, -0.2) is 47.6 Å². The molecule has 1 aromatic heterocycles. The Bertz CT molecular complexity index is 376. The molecule has 2 N–H and O–H groups in total. The van der Waals surface area contributed by atoms with Crippen molar-refractivity contribution in [3.8, 4) is 0 Å². The Kier molecular flexibility index (Phi) is 4.26. The minimum Gasteiger partial charge on any atom is -0.477 e. The van der Waals surface area contributed by atoms with Gasteiger partial charge in [-0.15, -0.1) is 0 Å². The Balaban J connectivity index is 2.68. The van der Waals surface area contributed by atoms with Gasteiger partial charge in [-0.05, 0) is 27.9 Å². The Morgan fingerprint density at radius 3 is 2.69 bits per heavy atom. The summed E-state index contributed by atoms with van der Waals surface area (Å²) in [6.45, 7) is 4.62. The molecule has 0 radical (unpaired) electrons. The molecule has 1 aromatic rings. The lowest BCUT2D eigenvalue weighted by Gasteiger charge is -2.17. The third-order valence-corrected chi connectivity index (χ3v) is 3.08. The van der Waals surface area contributed by atoms with E-state index in [1.807, 2.05) is 21.0 Å². The largest absolute Gasteiger partial charge is 0.477 e. The third kappa shape index (κ3) is 3.46. The maximum atomic E-state index is 10.8. The van der Waals surface area contributed by atoms with E-state index in [-0.39, 0.29) is 6.04 Å². The smallest absolute Gasteiger partial charge is 0.347 e. The fourth-order valence-corrected chi connectivity index (χ4v) is 2.38. The van der Waals surface area contributed by atoms with Gasteiger partial charge in [0, 0.05) is 12.6 Å². The SMILES string of the molecule is Cc1nc(NC(C)CN(C)C)sc1C(=O)O. The van der Waals surface area contributed by atoms with E-state index in [0.717, 1.165) is 6.54 Å². The van der Waals surface area contributed by atoms with Gasteiger partial charge in [-0.25, -0.2) is 9.78 Å². The van der Waals surface area contributed by atoms with Crippen LogP contribution in [-0.2, 0) is 0 Å². The van der Waals surface area contributed by atoms with Crippen molar-refractivity contribution in [2.45, 2.75) is 19.9 Å². The summed E-state index contributed by atoms with van der Waals surface area (Å²) in [6, 6.07) is 0.238. The molecule has 0 spiro atoms. The molecule has 0 fully saturated rings. The van der Waals surface area contributed by atoms with Crippen molar-refractivity contribution in [2.75, 3.05) is 26.0 Å². The lowest BCUT2D eigenvalue weighted by molar-refractivity contribution is 0.0701. The summed E-state index contributed by atoms with van der Waals surface area (Å²) in [5, 5.41) is 12.8. The van der Waals surface area contributed by atoms with Gasteiger partial charge < -0.3 is 15.3 Å². The average molecular weight is 243 g/mol. The van der Waals surface area contributed by atoms with Crippen LogP contribution in [0.1, 0.15) is 22.3 Å². The molecule has 90 valence electrons. The normalized spacial score (nSPS) is 12.8. The Morgan fingerprint density at radius 1 is 1.62 bits per heavy atom. The number of aromatic nitrogens is 1. The van der Waals surface area contributed by atoms with Crippen LogP contribution in [0.5, 0.6) is 0 Å². The molecule has 0 saturated carbocycles. The number of thiazole rings is 1. The minimum atomic E-state index is -0.914. The summed E-state index contributed by atoms with van der Waals surface area (Å²) < 4.78 is 0. The second-order valence-electron chi connectivity index (χ2n) is 4.05. The minimum absolute atomic E-state index is 0.238. The maximum absolute atomic E-state index is 10.8. The van der Waals surface area contributed by atoms with E-state index in [9.17, 15) is 4.79 Å². The highest BCUT2D eigenvalue weighted by molar-refractivity contribution is 7.17. The zero-order chi connectivity index (χ0) is 12.3. The van der Waals surface area contributed by atoms with E-state index in [2.05, 4.69) is 15.2 Å². The zero-order valence-corrected chi connectivity index (χ0v) is 10.8. The van der Waals surface area contributed by atoms with Gasteiger partial charge >= 0.3 is 5.97 Å². The van der Waals surface area contributed by atoms with Crippen LogP contribution in [0.3, 0.4) is 0 Å². The number of nitrogens with one attached hydrogen (secondary N) is 1. The molecular formula is C10H17N3O2S. The Hall–Kier alpha value is -1.14. The molecule has 0 aliphatic carbocycles. The number of carboxylic acid groups (broad SMARTS) is 1. The first-order valence-corrected chi connectivity index (χ1v) is 5.83. The molecule has 6 heteroatoms. The van der Waals surface area contributed by atoms with Crippen LogP contribution >= 0.6 is 11.3 Å². The van der Waals surface area contributed by atoms with Crippen LogP contribution in [0.4, 0.5) is 5.13 Å². The number of nitrogens with zero attached hydrogens (tertiary/aromatic N) is 2. The molecule has 0 amide bonds. The van der Waals surface area contributed by atoms with Gasteiger partial charge in [-0.3, -0.25) is 0 Å². The zero-order valence-electron chi connectivity index (χ0n) is 9.94. The van der Waals surface area contributed by atoms with Gasteiger partial charge in [-0.1, -0.05) is 11.3 Å². The highest BCUT2D eigenvalue weighted by Crippen LogP contribution is 2.22. The van der Waals surface area contributed by atoms with Crippen molar-refractivity contribution in [3.05, 3.63) is 10.6 Å². The number of anilines is 1. The van der Waals surface area contributed by atoms with Crippen molar-refractivity contribution >= 4 is 22.4 Å². The first-order chi connectivity index (χ1) is 7.40. The maximum Gasteiger partial charge on any atom is 0.347 e. The van der Waals surface area contributed by atoms with Crippen LogP contribution < -0.4 is 5.32 Å². The van der Waals surface area contributed by atoms with Gasteiger partial charge in [-0.2, -0.15) is 0 Å². The number of carboxylic acids is 1. The molecule has 1 atom stereocenters. The summed E-state index contributed by atoms with van der Waals surface area (Å²) in [4.78, 5) is 17.4. The Morgan fingerprint density at radius 2 is 2.25 bits per heavy atom. The molecular weight excluding hydrogens is 226 g/mol. The van der Waals surface area contributed by atoms with Crippen LogP contribution in [0.15, 0.2) is 0 Å². The molecule has 0 bridgehead atoms. The molecule has 1 heterocycles. The lowest BCUT2D eigenvalue weighted by Crippen LogP contribution is -2.29. The number of rotatable bonds is 5. The monoisotopic (exact) mass is 243 g/mol. The Labute approximate surface area is 99.1 Å². The number of likely N-dealkylation sites (N-methyl/N-ethyl adjacent to an activating group) is 1. The quantitative estimate of drug-likeness (QED) is 0.820. The van der Waals surface area contributed by atoms with Gasteiger partial charge in [0.25, 0.3) is 0 Å². The lowest BCUT2D eigenvalue weighted by atomic mass is 10.3. The number of hydrogen-bond acceptors (Lipinski definition) is 5. The van der Waals surface area contributed by atoms with Gasteiger partial charge in [0.05, 0.1) is 5.69 Å². The molecule has 0 aromatic carbocycles. The van der Waals surface area contributed by atoms with Crippen molar-refractivity contribution < 1.29 is 9.90 Å². The van der Waals surface area contributed by atoms with E-state index in [4.69, 9.17) is 5.11 Å². The number of aromatic carboxylic acids is 1. The van der Waals surface area contributed by atoms with Crippen molar-refractivity contribution in [3.63, 3.8) is 0 Å². The van der Waals surface area contributed by atoms with Crippen LogP contribution in [0.25, 0.3) is 0 Å². The topological polar surface area (TPSA) is 65.5 Å². The molecule has 1 rings (SSSR count). The van der Waals surface area contributed by atoms with E-state index >= 15 is 0 Å². The van der Waals surface area contributed by atoms with Crippen LogP contribution in [0, 0.1) is 6.92 Å². The highest BCUT2D eigenvalue weighted by Gasteiger charge is 2.15. The predicted molar refractivity (Wildman–Crippen MR) is 65.4 cm³/mol. The van der Waals surface area contributed by atoms with Crippen molar-refractivity contribution in [2.24, 2.45) is 0 Å². The highest BCUT2D eigenvalue weighted by atomic mass is 32.1. The molecule has 0 aliphatic rings. The fourth-order valence-electron chi connectivity index (χ4n) is 1.46. The third-order valence-electron chi connectivity index (χ3n) is 2.00.